The molecule has 0 fully saturated rings. The molecule has 0 bridgehead atoms. The molecule has 0 atom stereocenters. The summed E-state index contributed by atoms with van der Waals surface area (Å²) in [6.07, 6.45) is 2.57. The smallest absolute Gasteiger partial charge is 0.0753 e. The van der Waals surface area contributed by atoms with Gasteiger partial charge in [0.25, 0.3) is 0 Å². The van der Waals surface area contributed by atoms with E-state index in [1.54, 1.807) is 0 Å². The molecule has 3 heteroatoms. The Labute approximate surface area is 97.5 Å². The van der Waals surface area contributed by atoms with Crippen LogP contribution in [0.5, 0.6) is 0 Å². The van der Waals surface area contributed by atoms with Crippen molar-refractivity contribution in [3.05, 3.63) is 17.0 Å². The second-order valence-corrected chi connectivity index (χ2v) is 3.90. The summed E-state index contributed by atoms with van der Waals surface area (Å²) in [6, 6.07) is 0. The van der Waals surface area contributed by atoms with Gasteiger partial charge in [-0.25, -0.2) is 0 Å². The summed E-state index contributed by atoms with van der Waals surface area (Å²) < 4.78 is 2.02. The first kappa shape index (κ1) is 12.8. The number of hydrogen-bond donors (Lipinski definition) is 1. The molecular weight excluding hydrogens is 200 g/mol. The number of aromatic nitrogens is 2. The van der Waals surface area contributed by atoms with Crippen molar-refractivity contribution in [3.63, 3.8) is 0 Å². The number of unbranched alkanes of at least 4 members (excludes halogenated alkanes) is 1. The van der Waals surface area contributed by atoms with Crippen molar-refractivity contribution in [1.82, 2.24) is 9.78 Å². The summed E-state index contributed by atoms with van der Waals surface area (Å²) in [5.41, 5.74) is 3.20. The van der Waals surface area contributed by atoms with Gasteiger partial charge in [-0.3, -0.25) is 4.68 Å². The lowest BCUT2D eigenvalue weighted by Gasteiger charge is -2.00. The summed E-state index contributed by atoms with van der Waals surface area (Å²) >= 11 is 0. The fourth-order valence-electron chi connectivity index (χ4n) is 1.63. The molecule has 3 nitrogen and oxygen atoms in total. The molecule has 0 aliphatic rings. The maximum atomic E-state index is 8.66. The van der Waals surface area contributed by atoms with Crippen LogP contribution in [-0.4, -0.2) is 21.5 Å². The Bertz CT molecular complexity index is 396. The number of aryl methyl sites for hydroxylation is 2. The second-order valence-electron chi connectivity index (χ2n) is 3.90. The lowest BCUT2D eigenvalue weighted by atomic mass is 10.2. The van der Waals surface area contributed by atoms with Crippen LogP contribution >= 0.6 is 0 Å². The first-order chi connectivity index (χ1) is 7.70. The van der Waals surface area contributed by atoms with Crippen LogP contribution in [0.15, 0.2) is 0 Å². The molecule has 0 unspecified atom stereocenters. The van der Waals surface area contributed by atoms with Gasteiger partial charge >= 0.3 is 0 Å². The topological polar surface area (TPSA) is 38.0 Å². The molecule has 88 valence electrons. The highest BCUT2D eigenvalue weighted by Crippen LogP contribution is 2.11. The molecule has 1 heterocycles. The average molecular weight is 220 g/mol. The van der Waals surface area contributed by atoms with Crippen LogP contribution in [0.2, 0.25) is 0 Å². The third kappa shape index (κ3) is 3.11. The van der Waals surface area contributed by atoms with Gasteiger partial charge in [0.2, 0.25) is 0 Å². The van der Waals surface area contributed by atoms with Gasteiger partial charge in [0.05, 0.1) is 17.0 Å². The van der Waals surface area contributed by atoms with E-state index >= 15 is 0 Å². The van der Waals surface area contributed by atoms with Crippen LogP contribution < -0.4 is 0 Å². The predicted molar refractivity (Wildman–Crippen MR) is 65.2 cm³/mol. The predicted octanol–water partition coefficient (Wildman–Crippen LogP) is 2.03. The van der Waals surface area contributed by atoms with E-state index in [-0.39, 0.29) is 6.61 Å². The van der Waals surface area contributed by atoms with Gasteiger partial charge in [0.15, 0.2) is 0 Å². The lowest BCUT2D eigenvalue weighted by Crippen LogP contribution is -2.01. The van der Waals surface area contributed by atoms with Gasteiger partial charge < -0.3 is 5.11 Å². The second kappa shape index (κ2) is 6.34. The third-order valence-corrected chi connectivity index (χ3v) is 2.49. The van der Waals surface area contributed by atoms with E-state index in [4.69, 9.17) is 5.11 Å². The lowest BCUT2D eigenvalue weighted by molar-refractivity contribution is 0.290. The van der Waals surface area contributed by atoms with Crippen molar-refractivity contribution >= 4 is 0 Å². The molecule has 0 aliphatic carbocycles. The maximum Gasteiger partial charge on any atom is 0.0753 e. The minimum atomic E-state index is 0.210. The van der Waals surface area contributed by atoms with Crippen molar-refractivity contribution in [3.8, 4) is 11.8 Å². The largest absolute Gasteiger partial charge is 0.396 e. The van der Waals surface area contributed by atoms with Gasteiger partial charge in [0.1, 0.15) is 0 Å². The molecule has 1 N–H and O–H groups in total. The van der Waals surface area contributed by atoms with Crippen molar-refractivity contribution in [2.24, 2.45) is 0 Å². The van der Waals surface area contributed by atoms with E-state index in [2.05, 4.69) is 30.8 Å². The molecule has 16 heavy (non-hydrogen) atoms. The molecule has 0 amide bonds. The Kier molecular flexibility index (Phi) is 5.07. The number of aliphatic hydroxyl groups excluding tert-OH is 1. The van der Waals surface area contributed by atoms with Crippen LogP contribution in [0.1, 0.15) is 43.1 Å². The van der Waals surface area contributed by atoms with Crippen molar-refractivity contribution in [2.45, 2.75) is 46.6 Å². The monoisotopic (exact) mass is 220 g/mol. The Hall–Kier alpha value is -1.27. The third-order valence-electron chi connectivity index (χ3n) is 2.49. The molecule has 0 spiro atoms. The average Bonchev–Trinajstić information content (AvgIpc) is 2.52. The van der Waals surface area contributed by atoms with E-state index in [1.807, 2.05) is 11.6 Å². The quantitative estimate of drug-likeness (QED) is 0.623. The summed E-state index contributed by atoms with van der Waals surface area (Å²) in [4.78, 5) is 0. The number of hydrogen-bond acceptors (Lipinski definition) is 2. The minimum Gasteiger partial charge on any atom is -0.396 e. The highest BCUT2D eigenvalue weighted by atomic mass is 16.2. The summed E-state index contributed by atoms with van der Waals surface area (Å²) in [6.45, 7) is 7.36. The zero-order valence-electron chi connectivity index (χ0n) is 10.4. The van der Waals surface area contributed by atoms with Gasteiger partial charge in [0, 0.05) is 19.6 Å². The molecule has 0 radical (unpaired) electrons. The van der Waals surface area contributed by atoms with E-state index < -0.39 is 0 Å². The molecule has 0 aromatic carbocycles. The summed E-state index contributed by atoms with van der Waals surface area (Å²) in [7, 11) is 0. The van der Waals surface area contributed by atoms with Gasteiger partial charge in [-0.15, -0.1) is 0 Å². The fourth-order valence-corrected chi connectivity index (χ4v) is 1.63. The van der Waals surface area contributed by atoms with Gasteiger partial charge in [-0.05, 0) is 26.7 Å². The van der Waals surface area contributed by atoms with Crippen molar-refractivity contribution < 1.29 is 5.11 Å². The van der Waals surface area contributed by atoms with Crippen LogP contribution in [0.3, 0.4) is 0 Å². The first-order valence-corrected chi connectivity index (χ1v) is 5.84. The molecule has 0 saturated carbocycles. The normalized spacial score (nSPS) is 10.0. The van der Waals surface area contributed by atoms with E-state index in [1.165, 1.54) is 0 Å². The Morgan fingerprint density at radius 3 is 2.75 bits per heavy atom. The van der Waals surface area contributed by atoms with E-state index in [0.717, 1.165) is 42.8 Å². The zero-order valence-corrected chi connectivity index (χ0v) is 10.4. The zero-order chi connectivity index (χ0) is 12.0. The number of rotatable bonds is 4. The molecule has 0 aliphatic heterocycles. The van der Waals surface area contributed by atoms with Crippen LogP contribution in [0.4, 0.5) is 0 Å². The Morgan fingerprint density at radius 1 is 1.38 bits per heavy atom. The SMILES string of the molecule is CCCn1nc(C)c(C#CCCCO)c1C. The molecular formula is C13H20N2O. The van der Waals surface area contributed by atoms with E-state index in [0.29, 0.717) is 0 Å². The van der Waals surface area contributed by atoms with Gasteiger partial charge in [-0.1, -0.05) is 18.8 Å². The fraction of sp³-hybridized carbons (Fsp3) is 0.615. The molecule has 1 aromatic rings. The minimum absolute atomic E-state index is 0.210. The van der Waals surface area contributed by atoms with Crippen LogP contribution in [0, 0.1) is 25.7 Å². The number of aliphatic hydroxyl groups is 1. The Morgan fingerprint density at radius 2 is 2.12 bits per heavy atom. The van der Waals surface area contributed by atoms with Gasteiger partial charge in [-0.2, -0.15) is 5.10 Å². The summed E-state index contributed by atoms with van der Waals surface area (Å²) in [5.74, 6) is 6.23. The van der Waals surface area contributed by atoms with Crippen molar-refractivity contribution in [2.75, 3.05) is 6.61 Å². The summed E-state index contributed by atoms with van der Waals surface area (Å²) in [5, 5.41) is 13.1. The maximum absolute atomic E-state index is 8.66. The van der Waals surface area contributed by atoms with Crippen LogP contribution in [0.25, 0.3) is 0 Å². The molecule has 1 aromatic heterocycles. The van der Waals surface area contributed by atoms with E-state index in [9.17, 15) is 0 Å². The van der Waals surface area contributed by atoms with Crippen LogP contribution in [-0.2, 0) is 6.54 Å². The molecule has 0 saturated heterocycles. The van der Waals surface area contributed by atoms with Crippen molar-refractivity contribution in [1.29, 1.82) is 0 Å². The molecule has 1 rings (SSSR count). The Balaban J connectivity index is 2.82. The highest BCUT2D eigenvalue weighted by molar-refractivity contribution is 5.41. The standard InChI is InChI=1S/C13H20N2O/c1-4-9-15-12(3)13(11(2)14-15)8-6-5-7-10-16/h16H,4-5,7,9-10H2,1-3H3. The number of nitrogens with zero attached hydrogens (tertiary/aromatic N) is 2. The first-order valence-electron chi connectivity index (χ1n) is 5.84. The highest BCUT2D eigenvalue weighted by Gasteiger charge is 2.07.